The predicted molar refractivity (Wildman–Crippen MR) is 93.5 cm³/mol. The molecule has 9 nitrogen and oxygen atoms in total. The van der Waals surface area contributed by atoms with E-state index in [0.29, 0.717) is 17.5 Å². The Labute approximate surface area is 154 Å². The number of methoxy groups -OCH3 is 1. The Morgan fingerprint density at radius 3 is 2.67 bits per heavy atom. The van der Waals surface area contributed by atoms with Crippen LogP contribution in [-0.4, -0.2) is 24.6 Å². The van der Waals surface area contributed by atoms with Crippen LogP contribution < -0.4 is 4.52 Å². The molecule has 10 heteroatoms. The van der Waals surface area contributed by atoms with E-state index in [1.165, 1.54) is 31.4 Å². The van der Waals surface area contributed by atoms with Crippen molar-refractivity contribution >= 4 is 19.5 Å². The zero-order chi connectivity index (χ0) is 19.4. The second-order valence-corrected chi connectivity index (χ2v) is 7.17. The Morgan fingerprint density at radius 2 is 2.00 bits per heavy atom. The highest BCUT2D eigenvalue weighted by Gasteiger charge is 2.37. The number of phosphoric ester groups is 1. The molecule has 3 rings (SSSR count). The van der Waals surface area contributed by atoms with Crippen molar-refractivity contribution in [3.63, 3.8) is 0 Å². The molecule has 0 radical (unpaired) electrons. The maximum atomic E-state index is 12.8. The zero-order valence-corrected chi connectivity index (χ0v) is 15.2. The highest BCUT2D eigenvalue weighted by atomic mass is 31.2. The lowest BCUT2D eigenvalue weighted by molar-refractivity contribution is -0.384. The number of ether oxygens (including phenoxy) is 1. The fourth-order valence-corrected chi connectivity index (χ4v) is 3.93. The SMILES string of the molecule is COC(=O)c1cccc([C@H]2CCO[P@@](=O)(Oc3ccc([N+](=O)[O-])cc3)O2)c1. The van der Waals surface area contributed by atoms with Gasteiger partial charge in [-0.3, -0.25) is 19.2 Å². The smallest absolute Gasteiger partial charge is 0.465 e. The highest BCUT2D eigenvalue weighted by molar-refractivity contribution is 7.49. The zero-order valence-electron chi connectivity index (χ0n) is 14.3. The minimum absolute atomic E-state index is 0.118. The first-order chi connectivity index (χ1) is 12.9. The van der Waals surface area contributed by atoms with Crippen LogP contribution in [-0.2, 0) is 18.3 Å². The van der Waals surface area contributed by atoms with E-state index in [4.69, 9.17) is 18.3 Å². The number of nitro benzene ring substituents is 1. The van der Waals surface area contributed by atoms with Crippen LogP contribution in [0.1, 0.15) is 28.4 Å². The summed E-state index contributed by atoms with van der Waals surface area (Å²) in [5.74, 6) is -0.373. The molecule has 2 atom stereocenters. The average molecular weight is 393 g/mol. The Hall–Kier alpha value is -2.74. The van der Waals surface area contributed by atoms with Gasteiger partial charge in [0.25, 0.3) is 5.69 Å². The normalized spacial score (nSPS) is 22.0. The summed E-state index contributed by atoms with van der Waals surface area (Å²) >= 11 is 0. The first-order valence-corrected chi connectivity index (χ1v) is 9.41. The second-order valence-electron chi connectivity index (χ2n) is 5.62. The number of nitrogens with zero attached hydrogens (tertiary/aromatic N) is 1. The van der Waals surface area contributed by atoms with Gasteiger partial charge >= 0.3 is 13.8 Å². The number of rotatable bonds is 5. The third kappa shape index (κ3) is 4.51. The van der Waals surface area contributed by atoms with Crippen molar-refractivity contribution in [3.8, 4) is 5.75 Å². The summed E-state index contributed by atoms with van der Waals surface area (Å²) < 4.78 is 33.5. The van der Waals surface area contributed by atoms with Crippen molar-refractivity contribution in [1.29, 1.82) is 0 Å². The lowest BCUT2D eigenvalue weighted by Gasteiger charge is -2.29. The lowest BCUT2D eigenvalue weighted by atomic mass is 10.0. The molecule has 0 bridgehead atoms. The second kappa shape index (κ2) is 7.87. The van der Waals surface area contributed by atoms with Crippen LogP contribution in [0.25, 0.3) is 0 Å². The van der Waals surface area contributed by atoms with E-state index in [1.807, 2.05) is 0 Å². The molecule has 2 aromatic rings. The van der Waals surface area contributed by atoms with Gasteiger partial charge in [0.15, 0.2) is 0 Å². The summed E-state index contributed by atoms with van der Waals surface area (Å²) in [5, 5.41) is 10.7. The van der Waals surface area contributed by atoms with Crippen LogP contribution in [0.2, 0.25) is 0 Å². The lowest BCUT2D eigenvalue weighted by Crippen LogP contribution is -2.17. The molecular weight excluding hydrogens is 377 g/mol. The van der Waals surface area contributed by atoms with Crippen molar-refractivity contribution in [3.05, 3.63) is 69.8 Å². The third-order valence-electron chi connectivity index (χ3n) is 3.83. The van der Waals surface area contributed by atoms with E-state index in [2.05, 4.69) is 0 Å². The van der Waals surface area contributed by atoms with Crippen molar-refractivity contribution in [1.82, 2.24) is 0 Å². The van der Waals surface area contributed by atoms with Crippen molar-refractivity contribution < 1.29 is 32.6 Å². The molecule has 1 heterocycles. The van der Waals surface area contributed by atoms with E-state index in [-0.39, 0.29) is 18.0 Å². The summed E-state index contributed by atoms with van der Waals surface area (Å²) in [6, 6.07) is 11.7. The number of nitro groups is 1. The van der Waals surface area contributed by atoms with Crippen LogP contribution in [0, 0.1) is 10.1 Å². The molecule has 142 valence electrons. The summed E-state index contributed by atoms with van der Waals surface area (Å²) in [6.45, 7) is 0.122. The minimum atomic E-state index is -3.93. The van der Waals surface area contributed by atoms with E-state index >= 15 is 0 Å². The quantitative estimate of drug-likeness (QED) is 0.323. The van der Waals surface area contributed by atoms with Gasteiger partial charge in [0.1, 0.15) is 5.75 Å². The molecule has 0 N–H and O–H groups in total. The van der Waals surface area contributed by atoms with Gasteiger partial charge in [-0.2, -0.15) is 0 Å². The largest absolute Gasteiger partial charge is 0.530 e. The van der Waals surface area contributed by atoms with Crippen LogP contribution in [0.3, 0.4) is 0 Å². The molecule has 0 aromatic heterocycles. The number of benzene rings is 2. The first-order valence-electron chi connectivity index (χ1n) is 7.95. The summed E-state index contributed by atoms with van der Waals surface area (Å²) in [7, 11) is -2.64. The number of non-ortho nitro benzene ring substituents is 1. The van der Waals surface area contributed by atoms with Crippen LogP contribution in [0.15, 0.2) is 48.5 Å². The number of hydrogen-bond donors (Lipinski definition) is 0. The predicted octanol–water partition coefficient (Wildman–Crippen LogP) is 4.05. The van der Waals surface area contributed by atoms with Gasteiger partial charge < -0.3 is 9.26 Å². The van der Waals surface area contributed by atoms with Gasteiger partial charge in [-0.1, -0.05) is 12.1 Å². The fourth-order valence-electron chi connectivity index (χ4n) is 2.53. The highest BCUT2D eigenvalue weighted by Crippen LogP contribution is 2.56. The molecule has 0 spiro atoms. The van der Waals surface area contributed by atoms with Gasteiger partial charge in [0.2, 0.25) is 0 Å². The van der Waals surface area contributed by atoms with Gasteiger partial charge in [-0.25, -0.2) is 9.36 Å². The third-order valence-corrected chi connectivity index (χ3v) is 5.28. The summed E-state index contributed by atoms with van der Waals surface area (Å²) in [5.41, 5.74) is 0.855. The van der Waals surface area contributed by atoms with E-state index in [1.54, 1.807) is 24.3 Å². The molecule has 0 amide bonds. The summed E-state index contributed by atoms with van der Waals surface area (Å²) in [6.07, 6.45) is -0.189. The Kier molecular flexibility index (Phi) is 5.55. The minimum Gasteiger partial charge on any atom is -0.465 e. The first kappa shape index (κ1) is 19.0. The summed E-state index contributed by atoms with van der Waals surface area (Å²) in [4.78, 5) is 21.8. The molecule has 0 saturated carbocycles. The van der Waals surface area contributed by atoms with Crippen LogP contribution in [0.4, 0.5) is 5.69 Å². The van der Waals surface area contributed by atoms with Crippen molar-refractivity contribution in [2.24, 2.45) is 0 Å². The van der Waals surface area contributed by atoms with E-state index < -0.39 is 24.8 Å². The number of carbonyl (C=O) groups excluding carboxylic acids is 1. The Bertz CT molecular complexity index is 898. The molecule has 1 saturated heterocycles. The van der Waals surface area contributed by atoms with Crippen LogP contribution in [0.5, 0.6) is 5.75 Å². The van der Waals surface area contributed by atoms with E-state index in [0.717, 1.165) is 0 Å². The van der Waals surface area contributed by atoms with Gasteiger partial charge in [-0.15, -0.1) is 0 Å². The topological polar surface area (TPSA) is 114 Å². The van der Waals surface area contributed by atoms with E-state index in [9.17, 15) is 19.5 Å². The molecule has 0 unspecified atom stereocenters. The molecule has 27 heavy (non-hydrogen) atoms. The Morgan fingerprint density at radius 1 is 1.26 bits per heavy atom. The number of phosphoric acid groups is 1. The van der Waals surface area contributed by atoms with Crippen molar-refractivity contribution in [2.45, 2.75) is 12.5 Å². The fraction of sp³-hybridized carbons (Fsp3) is 0.235. The molecule has 1 aliphatic rings. The molecule has 2 aromatic carbocycles. The average Bonchev–Trinajstić information content (AvgIpc) is 2.67. The monoisotopic (exact) mass is 393 g/mol. The molecule has 0 aliphatic carbocycles. The number of esters is 1. The molecule has 1 aliphatic heterocycles. The maximum Gasteiger partial charge on any atom is 0.530 e. The maximum absolute atomic E-state index is 12.8. The molecular formula is C17H16NO8P. The Balaban J connectivity index is 1.75. The number of carbonyl (C=O) groups is 1. The van der Waals surface area contributed by atoms with Crippen LogP contribution >= 0.6 is 7.82 Å². The van der Waals surface area contributed by atoms with Gasteiger partial charge in [0, 0.05) is 18.6 Å². The van der Waals surface area contributed by atoms with Gasteiger partial charge in [-0.05, 0) is 29.8 Å². The molecule has 1 fully saturated rings. The number of hydrogen-bond acceptors (Lipinski definition) is 8. The van der Waals surface area contributed by atoms with Crippen molar-refractivity contribution in [2.75, 3.05) is 13.7 Å². The standard InChI is InChI=1S/C17H16NO8P/c1-23-17(19)13-4-2-3-12(11-13)16-9-10-24-27(22,26-16)25-15-7-5-14(6-8-15)18(20)21/h2-8,11,16H,9-10H2,1H3/t16-,27+/m1/s1. The van der Waals surface area contributed by atoms with Gasteiger partial charge in [0.05, 0.1) is 30.3 Å².